The van der Waals surface area contributed by atoms with E-state index in [1.807, 2.05) is 6.92 Å². The van der Waals surface area contributed by atoms with Crippen molar-refractivity contribution >= 4 is 18.3 Å². The van der Waals surface area contributed by atoms with Crippen molar-refractivity contribution in [3.8, 4) is 0 Å². The molecule has 0 unspecified atom stereocenters. The fourth-order valence-electron chi connectivity index (χ4n) is 1.80. The number of hydrogen-bond acceptors (Lipinski definition) is 3. The molecule has 2 rings (SSSR count). The van der Waals surface area contributed by atoms with Crippen LogP contribution in [0.5, 0.6) is 0 Å². The zero-order valence-corrected chi connectivity index (χ0v) is 9.77. The number of halogens is 1. The van der Waals surface area contributed by atoms with Gasteiger partial charge in [0.15, 0.2) is 0 Å². The van der Waals surface area contributed by atoms with E-state index in [4.69, 9.17) is 0 Å². The summed E-state index contributed by atoms with van der Waals surface area (Å²) in [6, 6.07) is 0.247. The van der Waals surface area contributed by atoms with Crippen molar-refractivity contribution in [2.24, 2.45) is 5.41 Å². The van der Waals surface area contributed by atoms with Crippen LogP contribution in [0.2, 0.25) is 0 Å². The summed E-state index contributed by atoms with van der Waals surface area (Å²) >= 11 is 0. The lowest BCUT2D eigenvalue weighted by Gasteiger charge is -2.14. The van der Waals surface area contributed by atoms with Gasteiger partial charge in [-0.1, -0.05) is 6.92 Å². The lowest BCUT2D eigenvalue weighted by Crippen LogP contribution is -2.39. The van der Waals surface area contributed by atoms with E-state index in [-0.39, 0.29) is 35.9 Å². The molecule has 0 aromatic rings. The summed E-state index contributed by atoms with van der Waals surface area (Å²) in [4.78, 5) is 11.6. The normalized spacial score (nSPS) is 31.9. The van der Waals surface area contributed by atoms with Gasteiger partial charge >= 0.3 is 0 Å². The second-order valence-electron chi connectivity index (χ2n) is 4.77. The van der Waals surface area contributed by atoms with E-state index in [9.17, 15) is 9.90 Å². The third-order valence-corrected chi connectivity index (χ3v) is 3.26. The first kappa shape index (κ1) is 12.7. The summed E-state index contributed by atoms with van der Waals surface area (Å²) in [5, 5.41) is 15.4. The molecule has 5 heteroatoms. The molecule has 1 saturated heterocycles. The number of aliphatic hydroxyl groups is 1. The molecular weight excluding hydrogens is 216 g/mol. The number of β-amino-alcohol motifs (C(OH)–C–C–N with tert-alkyl or cyclic N) is 1. The number of rotatable bonds is 3. The van der Waals surface area contributed by atoms with Crippen LogP contribution in [0.4, 0.5) is 0 Å². The van der Waals surface area contributed by atoms with E-state index in [0.717, 1.165) is 19.3 Å². The quantitative estimate of drug-likeness (QED) is 0.647. The Morgan fingerprint density at radius 3 is 2.73 bits per heavy atom. The average molecular weight is 235 g/mol. The fraction of sp³-hybridized carbons (Fsp3) is 0.900. The van der Waals surface area contributed by atoms with Crippen LogP contribution >= 0.6 is 12.4 Å². The molecule has 2 atom stereocenters. The number of carbonyl (C=O) groups is 1. The van der Waals surface area contributed by atoms with Gasteiger partial charge in [-0.2, -0.15) is 0 Å². The SMILES string of the molecule is CC1(C(=O)NC[C@@H]2C[C@@H](O)CN2)CC1.Cl. The third-order valence-electron chi connectivity index (χ3n) is 3.26. The number of hydrogen-bond donors (Lipinski definition) is 3. The summed E-state index contributed by atoms with van der Waals surface area (Å²) in [5.41, 5.74) is -0.0861. The molecule has 3 N–H and O–H groups in total. The first-order chi connectivity index (χ1) is 6.60. The zero-order valence-electron chi connectivity index (χ0n) is 8.95. The van der Waals surface area contributed by atoms with Crippen LogP contribution in [0.25, 0.3) is 0 Å². The molecule has 1 aliphatic carbocycles. The van der Waals surface area contributed by atoms with Crippen molar-refractivity contribution in [3.63, 3.8) is 0 Å². The van der Waals surface area contributed by atoms with Gasteiger partial charge in [-0.25, -0.2) is 0 Å². The Morgan fingerprint density at radius 1 is 1.60 bits per heavy atom. The highest BCUT2D eigenvalue weighted by molar-refractivity contribution is 5.85. The van der Waals surface area contributed by atoms with Crippen molar-refractivity contribution in [1.82, 2.24) is 10.6 Å². The standard InChI is InChI=1S/C10H18N2O2.ClH/c1-10(2-3-10)9(14)12-5-7-4-8(13)6-11-7;/h7-8,11,13H,2-6H2,1H3,(H,12,14);1H/t7-,8+;/m0./s1. The summed E-state index contributed by atoms with van der Waals surface area (Å²) in [5.74, 6) is 0.167. The van der Waals surface area contributed by atoms with Gasteiger partial charge in [-0.3, -0.25) is 4.79 Å². The Kier molecular flexibility index (Phi) is 3.98. The molecule has 4 nitrogen and oxygen atoms in total. The first-order valence-electron chi connectivity index (χ1n) is 5.30. The van der Waals surface area contributed by atoms with Gasteiger partial charge in [0.2, 0.25) is 5.91 Å². The monoisotopic (exact) mass is 234 g/mol. The molecular formula is C10H19ClN2O2. The van der Waals surface area contributed by atoms with Gasteiger partial charge in [0.05, 0.1) is 6.10 Å². The van der Waals surface area contributed by atoms with Crippen LogP contribution in [-0.4, -0.2) is 36.2 Å². The predicted molar refractivity (Wildman–Crippen MR) is 60.0 cm³/mol. The lowest BCUT2D eigenvalue weighted by molar-refractivity contribution is -0.125. The number of aliphatic hydroxyl groups excluding tert-OH is 1. The van der Waals surface area contributed by atoms with E-state index < -0.39 is 0 Å². The molecule has 2 fully saturated rings. The minimum absolute atomic E-state index is 0. The summed E-state index contributed by atoms with van der Waals surface area (Å²) in [7, 11) is 0. The second-order valence-corrected chi connectivity index (χ2v) is 4.77. The molecule has 1 heterocycles. The van der Waals surface area contributed by atoms with E-state index in [1.54, 1.807) is 0 Å². The number of carbonyl (C=O) groups excluding carboxylic acids is 1. The maximum absolute atomic E-state index is 11.6. The Balaban J connectivity index is 0.00000112. The van der Waals surface area contributed by atoms with Crippen molar-refractivity contribution in [3.05, 3.63) is 0 Å². The van der Waals surface area contributed by atoms with E-state index in [2.05, 4.69) is 10.6 Å². The molecule has 0 radical (unpaired) electrons. The Bertz CT molecular complexity index is 244. The lowest BCUT2D eigenvalue weighted by atomic mass is 10.1. The largest absolute Gasteiger partial charge is 0.392 e. The van der Waals surface area contributed by atoms with Crippen LogP contribution in [0, 0.1) is 5.41 Å². The molecule has 1 aliphatic heterocycles. The highest BCUT2D eigenvalue weighted by atomic mass is 35.5. The fourth-order valence-corrected chi connectivity index (χ4v) is 1.80. The van der Waals surface area contributed by atoms with E-state index in [0.29, 0.717) is 13.1 Å². The average Bonchev–Trinajstić information content (AvgIpc) is 2.76. The van der Waals surface area contributed by atoms with Crippen molar-refractivity contribution in [1.29, 1.82) is 0 Å². The van der Waals surface area contributed by atoms with E-state index >= 15 is 0 Å². The topological polar surface area (TPSA) is 61.4 Å². The molecule has 1 saturated carbocycles. The molecule has 0 aromatic heterocycles. The maximum atomic E-state index is 11.6. The summed E-state index contributed by atoms with van der Waals surface area (Å²) in [6.45, 7) is 3.29. The highest BCUT2D eigenvalue weighted by Gasteiger charge is 2.44. The third kappa shape index (κ3) is 3.06. The van der Waals surface area contributed by atoms with Crippen molar-refractivity contribution in [2.45, 2.75) is 38.3 Å². The summed E-state index contributed by atoms with van der Waals surface area (Å²) in [6.07, 6.45) is 2.53. The zero-order chi connectivity index (χ0) is 10.2. The number of amides is 1. The van der Waals surface area contributed by atoms with Crippen LogP contribution in [0.3, 0.4) is 0 Å². The molecule has 0 spiro atoms. The molecule has 0 aromatic carbocycles. The van der Waals surface area contributed by atoms with Gasteiger partial charge in [0, 0.05) is 24.5 Å². The smallest absolute Gasteiger partial charge is 0.225 e. The maximum Gasteiger partial charge on any atom is 0.225 e. The first-order valence-corrected chi connectivity index (χ1v) is 5.30. The molecule has 0 bridgehead atoms. The second kappa shape index (κ2) is 4.68. The van der Waals surface area contributed by atoms with Crippen LogP contribution in [0.1, 0.15) is 26.2 Å². The number of nitrogens with one attached hydrogen (secondary N) is 2. The van der Waals surface area contributed by atoms with Gasteiger partial charge in [0.25, 0.3) is 0 Å². The van der Waals surface area contributed by atoms with Crippen LogP contribution in [0.15, 0.2) is 0 Å². The minimum Gasteiger partial charge on any atom is -0.392 e. The van der Waals surface area contributed by atoms with Crippen molar-refractivity contribution < 1.29 is 9.90 Å². The van der Waals surface area contributed by atoms with Gasteiger partial charge in [-0.05, 0) is 19.3 Å². The van der Waals surface area contributed by atoms with Gasteiger partial charge in [0.1, 0.15) is 0 Å². The molecule has 2 aliphatic rings. The Hall–Kier alpha value is -0.320. The predicted octanol–water partition coefficient (Wildman–Crippen LogP) is 0.0473. The Labute approximate surface area is 96.2 Å². The van der Waals surface area contributed by atoms with Gasteiger partial charge < -0.3 is 15.7 Å². The summed E-state index contributed by atoms with van der Waals surface area (Å²) < 4.78 is 0. The Morgan fingerprint density at radius 2 is 2.27 bits per heavy atom. The molecule has 88 valence electrons. The minimum atomic E-state index is -0.242. The van der Waals surface area contributed by atoms with Gasteiger partial charge in [-0.15, -0.1) is 12.4 Å². The highest BCUT2D eigenvalue weighted by Crippen LogP contribution is 2.44. The molecule has 15 heavy (non-hydrogen) atoms. The van der Waals surface area contributed by atoms with E-state index in [1.165, 1.54) is 0 Å². The molecule has 1 amide bonds. The van der Waals surface area contributed by atoms with Crippen LogP contribution < -0.4 is 10.6 Å². The van der Waals surface area contributed by atoms with Crippen molar-refractivity contribution in [2.75, 3.05) is 13.1 Å². The van der Waals surface area contributed by atoms with Crippen LogP contribution in [-0.2, 0) is 4.79 Å².